The van der Waals surface area contributed by atoms with Crippen LogP contribution in [0.1, 0.15) is 13.8 Å². The van der Waals surface area contributed by atoms with Crippen molar-refractivity contribution in [3.05, 3.63) is 0 Å². The zero-order valence-electron chi connectivity index (χ0n) is 5.55. The third-order valence-corrected chi connectivity index (χ3v) is 2.39. The van der Waals surface area contributed by atoms with Crippen molar-refractivity contribution in [2.24, 2.45) is 5.41 Å². The summed E-state index contributed by atoms with van der Waals surface area (Å²) in [6.45, 7) is 5.15. The maximum atomic E-state index is 10.5. The molecule has 4 heteroatoms. The summed E-state index contributed by atoms with van der Waals surface area (Å²) in [5.41, 5.74) is 0.0460. The van der Waals surface area contributed by atoms with Crippen LogP contribution in [-0.2, 0) is 11.5 Å². The van der Waals surface area contributed by atoms with Gasteiger partial charge in [-0.15, -0.1) is 0 Å². The van der Waals surface area contributed by atoms with E-state index in [1.807, 2.05) is 13.8 Å². The quantitative estimate of drug-likeness (QED) is 0.529. The molecule has 1 rings (SSSR count). The Morgan fingerprint density at radius 2 is 1.78 bits per heavy atom. The second-order valence-corrected chi connectivity index (χ2v) is 4.74. The molecule has 1 fully saturated rings. The summed E-state index contributed by atoms with van der Waals surface area (Å²) >= 11 is -2.31. The normalized spacial score (nSPS) is 28.2. The average Bonchev–Trinajstić information content (AvgIpc) is 1.78. The topological polar surface area (TPSA) is 35.5 Å². The Morgan fingerprint density at radius 1 is 1.33 bits per heavy atom. The van der Waals surface area contributed by atoms with Gasteiger partial charge in [0.05, 0.1) is 0 Å². The first-order valence-corrected chi connectivity index (χ1v) is 4.88. The van der Waals surface area contributed by atoms with Crippen LogP contribution in [-0.4, -0.2) is 27.7 Å². The Labute approximate surface area is 59.1 Å². The minimum absolute atomic E-state index is 0.0460. The van der Waals surface area contributed by atoms with Gasteiger partial charge in [0.25, 0.3) is 0 Å². The summed E-state index contributed by atoms with van der Waals surface area (Å²) in [5, 5.41) is 0. The first-order chi connectivity index (χ1) is 4.10. The monoisotopic (exact) mass is 198 g/mol. The van der Waals surface area contributed by atoms with Gasteiger partial charge in [-0.25, -0.2) is 0 Å². The van der Waals surface area contributed by atoms with Crippen LogP contribution >= 0.6 is 0 Å². The fourth-order valence-corrected chi connectivity index (χ4v) is 2.38. The van der Waals surface area contributed by atoms with Crippen LogP contribution in [0.2, 0.25) is 0 Å². The van der Waals surface area contributed by atoms with E-state index in [0.717, 1.165) is 0 Å². The standard InChI is InChI=1S/C5H10O3Se/c1-5(2)3-7-9(6)8-4-5/h3-4H2,1-2H3. The van der Waals surface area contributed by atoms with Crippen LogP contribution in [0, 0.1) is 5.41 Å². The van der Waals surface area contributed by atoms with Crippen molar-refractivity contribution in [2.45, 2.75) is 13.8 Å². The van der Waals surface area contributed by atoms with Gasteiger partial charge < -0.3 is 0 Å². The first-order valence-electron chi connectivity index (χ1n) is 2.78. The predicted molar refractivity (Wildman–Crippen MR) is 32.1 cm³/mol. The minimum atomic E-state index is -2.31. The molecule has 0 amide bonds. The van der Waals surface area contributed by atoms with Gasteiger partial charge in [0.2, 0.25) is 0 Å². The zero-order chi connectivity index (χ0) is 6.91. The summed E-state index contributed by atoms with van der Waals surface area (Å²) in [7, 11) is 0. The van der Waals surface area contributed by atoms with E-state index < -0.39 is 14.5 Å². The molecule has 0 aromatic carbocycles. The molecule has 1 saturated heterocycles. The molecular formula is C5H10O3Se. The van der Waals surface area contributed by atoms with Gasteiger partial charge in [-0.1, -0.05) is 0 Å². The molecule has 54 valence electrons. The van der Waals surface area contributed by atoms with Gasteiger partial charge in [0, 0.05) is 0 Å². The maximum absolute atomic E-state index is 10.5. The Kier molecular flexibility index (Phi) is 2.01. The Bertz CT molecular complexity index is 120. The fourth-order valence-electron chi connectivity index (χ4n) is 0.491. The molecule has 1 aliphatic heterocycles. The molecule has 1 heterocycles. The van der Waals surface area contributed by atoms with Crippen molar-refractivity contribution < 1.29 is 11.5 Å². The second kappa shape index (κ2) is 2.46. The Morgan fingerprint density at radius 3 is 2.11 bits per heavy atom. The van der Waals surface area contributed by atoms with E-state index in [-0.39, 0.29) is 5.41 Å². The Balaban J connectivity index is 2.44. The Hall–Kier alpha value is 0.239. The molecular weight excluding hydrogens is 187 g/mol. The van der Waals surface area contributed by atoms with Gasteiger partial charge in [0.15, 0.2) is 0 Å². The van der Waals surface area contributed by atoms with Crippen molar-refractivity contribution in [2.75, 3.05) is 13.2 Å². The van der Waals surface area contributed by atoms with Crippen LogP contribution in [0.15, 0.2) is 0 Å². The van der Waals surface area contributed by atoms with Gasteiger partial charge in [-0.2, -0.15) is 0 Å². The number of hydrogen-bond donors (Lipinski definition) is 0. The molecule has 0 N–H and O–H groups in total. The van der Waals surface area contributed by atoms with Crippen molar-refractivity contribution in [1.29, 1.82) is 0 Å². The van der Waals surface area contributed by atoms with E-state index in [2.05, 4.69) is 0 Å². The fraction of sp³-hybridized carbons (Fsp3) is 1.00. The SMILES string of the molecule is CC1(C)CO[Se](=O)OC1. The van der Waals surface area contributed by atoms with Crippen molar-refractivity contribution >= 4 is 14.5 Å². The summed E-state index contributed by atoms with van der Waals surface area (Å²) in [5.74, 6) is 0. The third kappa shape index (κ3) is 2.14. The predicted octanol–water partition coefficient (Wildman–Crippen LogP) is 0.475. The molecule has 0 spiro atoms. The zero-order valence-corrected chi connectivity index (χ0v) is 7.26. The molecule has 9 heavy (non-hydrogen) atoms. The molecule has 0 radical (unpaired) electrons. The van der Waals surface area contributed by atoms with E-state index in [9.17, 15) is 3.83 Å². The van der Waals surface area contributed by atoms with E-state index >= 15 is 0 Å². The third-order valence-electron chi connectivity index (χ3n) is 1.09. The first kappa shape index (κ1) is 7.35. The van der Waals surface area contributed by atoms with E-state index in [0.29, 0.717) is 13.2 Å². The molecule has 1 aliphatic rings. The van der Waals surface area contributed by atoms with Gasteiger partial charge >= 0.3 is 58.4 Å². The van der Waals surface area contributed by atoms with Crippen LogP contribution in [0.3, 0.4) is 0 Å². The average molecular weight is 197 g/mol. The molecule has 0 aromatic heterocycles. The summed E-state index contributed by atoms with van der Waals surface area (Å²) in [6.07, 6.45) is 0. The summed E-state index contributed by atoms with van der Waals surface area (Å²) in [6, 6.07) is 0. The molecule has 0 unspecified atom stereocenters. The molecule has 0 saturated carbocycles. The van der Waals surface area contributed by atoms with Crippen molar-refractivity contribution in [3.63, 3.8) is 0 Å². The van der Waals surface area contributed by atoms with Crippen molar-refractivity contribution in [1.82, 2.24) is 0 Å². The molecule has 0 bridgehead atoms. The van der Waals surface area contributed by atoms with Gasteiger partial charge in [0.1, 0.15) is 0 Å². The van der Waals surface area contributed by atoms with Crippen LogP contribution < -0.4 is 0 Å². The van der Waals surface area contributed by atoms with Gasteiger partial charge in [-0.3, -0.25) is 0 Å². The molecule has 0 atom stereocenters. The van der Waals surface area contributed by atoms with Crippen LogP contribution in [0.5, 0.6) is 0 Å². The van der Waals surface area contributed by atoms with Crippen LogP contribution in [0.25, 0.3) is 0 Å². The number of rotatable bonds is 0. The van der Waals surface area contributed by atoms with E-state index in [4.69, 9.17) is 7.64 Å². The van der Waals surface area contributed by atoms with E-state index in [1.165, 1.54) is 0 Å². The number of hydrogen-bond acceptors (Lipinski definition) is 3. The molecule has 0 aliphatic carbocycles. The summed E-state index contributed by atoms with van der Waals surface area (Å²) in [4.78, 5) is 0. The summed E-state index contributed by atoms with van der Waals surface area (Å²) < 4.78 is 20.2. The molecule has 3 nitrogen and oxygen atoms in total. The molecule has 0 aromatic rings. The van der Waals surface area contributed by atoms with E-state index in [1.54, 1.807) is 0 Å². The van der Waals surface area contributed by atoms with Gasteiger partial charge in [-0.05, 0) is 0 Å². The van der Waals surface area contributed by atoms with Crippen molar-refractivity contribution in [3.8, 4) is 0 Å². The van der Waals surface area contributed by atoms with Crippen LogP contribution in [0.4, 0.5) is 0 Å². The second-order valence-electron chi connectivity index (χ2n) is 2.89.